The summed E-state index contributed by atoms with van der Waals surface area (Å²) in [6.45, 7) is 5.05. The first-order valence-electron chi connectivity index (χ1n) is 10.9. The van der Waals surface area contributed by atoms with E-state index in [4.69, 9.17) is 0 Å². The largest absolute Gasteiger partial charge is 0.396 e. The number of fused-ring (bicyclic) bond motifs is 1. The van der Waals surface area contributed by atoms with Crippen LogP contribution in [0.15, 0.2) is 30.3 Å². The molecule has 1 N–H and O–H groups in total. The molecule has 1 aromatic carbocycles. The van der Waals surface area contributed by atoms with Crippen molar-refractivity contribution in [1.29, 1.82) is 0 Å². The Kier molecular flexibility index (Phi) is 4.73. The molecule has 5 rings (SSSR count). The van der Waals surface area contributed by atoms with Gasteiger partial charge in [-0.05, 0) is 35.2 Å². The smallest absolute Gasteiger partial charge is 0.227 e. The molecular formula is C23H32N2O2. The molecule has 27 heavy (non-hydrogen) atoms. The molecule has 1 aromatic rings. The minimum atomic E-state index is 0.182. The van der Waals surface area contributed by atoms with Crippen LogP contribution in [0.5, 0.6) is 0 Å². The number of carbonyl (C=O) groups is 1. The van der Waals surface area contributed by atoms with E-state index >= 15 is 0 Å². The molecule has 4 aliphatic rings. The predicted octanol–water partition coefficient (Wildman–Crippen LogP) is 2.62. The van der Waals surface area contributed by atoms with Gasteiger partial charge in [0.25, 0.3) is 0 Å². The van der Waals surface area contributed by atoms with Gasteiger partial charge in [-0.25, -0.2) is 0 Å². The van der Waals surface area contributed by atoms with Gasteiger partial charge in [-0.15, -0.1) is 0 Å². The lowest BCUT2D eigenvalue weighted by molar-refractivity contribution is -0.136. The van der Waals surface area contributed by atoms with Crippen LogP contribution in [0.3, 0.4) is 0 Å². The normalized spacial score (nSPS) is 36.3. The maximum atomic E-state index is 13.4. The second-order valence-electron chi connectivity index (χ2n) is 9.41. The summed E-state index contributed by atoms with van der Waals surface area (Å²) in [5, 5.41) is 9.40. The van der Waals surface area contributed by atoms with Crippen molar-refractivity contribution in [2.45, 2.75) is 32.2 Å². The zero-order valence-corrected chi connectivity index (χ0v) is 16.2. The Hall–Kier alpha value is -1.39. The molecule has 0 bridgehead atoms. The van der Waals surface area contributed by atoms with Gasteiger partial charge in [0.15, 0.2) is 0 Å². The predicted molar refractivity (Wildman–Crippen MR) is 105 cm³/mol. The molecule has 4 heteroatoms. The van der Waals surface area contributed by atoms with Gasteiger partial charge < -0.3 is 10.0 Å². The first-order valence-corrected chi connectivity index (χ1v) is 10.9. The summed E-state index contributed by atoms with van der Waals surface area (Å²) in [4.78, 5) is 18.1. The van der Waals surface area contributed by atoms with Crippen LogP contribution in [0, 0.1) is 35.5 Å². The fourth-order valence-electron chi connectivity index (χ4n) is 6.34. The van der Waals surface area contributed by atoms with Crippen molar-refractivity contribution in [3.63, 3.8) is 0 Å². The Labute approximate surface area is 162 Å². The molecule has 5 atom stereocenters. The molecule has 4 nitrogen and oxygen atoms in total. The second kappa shape index (κ2) is 7.21. The van der Waals surface area contributed by atoms with Crippen LogP contribution in [-0.4, -0.2) is 53.6 Å². The van der Waals surface area contributed by atoms with Crippen LogP contribution in [0.1, 0.15) is 31.2 Å². The van der Waals surface area contributed by atoms with Crippen molar-refractivity contribution in [3.05, 3.63) is 35.9 Å². The number of nitrogens with zero attached hydrogens (tertiary/aromatic N) is 2. The number of benzene rings is 1. The standard InChI is InChI=1S/C23H32N2O2/c26-15-22-19-13-25(14-20(19)22)23(27)21-12-24(10-16-6-2-1-3-7-16)11-18(21)17-8-4-5-9-17/h1-3,6-7,17-22,26H,4-5,8-15H2/t18-,19-,20+,21+,22?/m0/s1. The van der Waals surface area contributed by atoms with Gasteiger partial charge in [-0.2, -0.15) is 0 Å². The van der Waals surface area contributed by atoms with E-state index in [2.05, 4.69) is 40.1 Å². The van der Waals surface area contributed by atoms with Crippen molar-refractivity contribution in [2.24, 2.45) is 35.5 Å². The average molecular weight is 369 g/mol. The number of hydrogen-bond acceptors (Lipinski definition) is 3. The number of amides is 1. The molecule has 0 spiro atoms. The van der Waals surface area contributed by atoms with Gasteiger partial charge in [0.2, 0.25) is 5.91 Å². The fraction of sp³-hybridized carbons (Fsp3) is 0.696. The van der Waals surface area contributed by atoms with Gasteiger partial charge in [-0.1, -0.05) is 56.0 Å². The molecule has 0 radical (unpaired) electrons. The lowest BCUT2D eigenvalue weighted by Gasteiger charge is -2.28. The number of aliphatic hydroxyl groups is 1. The summed E-state index contributed by atoms with van der Waals surface area (Å²) in [6, 6.07) is 10.7. The van der Waals surface area contributed by atoms with Crippen LogP contribution < -0.4 is 0 Å². The number of carbonyl (C=O) groups excluding carboxylic acids is 1. The third-order valence-electron chi connectivity index (χ3n) is 7.91. The van der Waals surface area contributed by atoms with Crippen LogP contribution >= 0.6 is 0 Å². The zero-order chi connectivity index (χ0) is 18.4. The van der Waals surface area contributed by atoms with Crippen LogP contribution in [-0.2, 0) is 11.3 Å². The van der Waals surface area contributed by atoms with Crippen molar-refractivity contribution in [3.8, 4) is 0 Å². The quantitative estimate of drug-likeness (QED) is 0.869. The molecule has 146 valence electrons. The van der Waals surface area contributed by atoms with E-state index in [0.717, 1.165) is 38.6 Å². The first-order chi connectivity index (χ1) is 13.2. The SMILES string of the molecule is O=C([C@@H]1CN(Cc2ccccc2)C[C@H]1C1CCCC1)N1C[C@@H]2C(CO)[C@@H]2C1. The first kappa shape index (κ1) is 17.7. The minimum Gasteiger partial charge on any atom is -0.396 e. The second-order valence-corrected chi connectivity index (χ2v) is 9.41. The maximum Gasteiger partial charge on any atom is 0.227 e. The molecular weight excluding hydrogens is 336 g/mol. The number of rotatable bonds is 5. The summed E-state index contributed by atoms with van der Waals surface area (Å²) in [7, 11) is 0. The number of likely N-dealkylation sites (tertiary alicyclic amines) is 2. The summed E-state index contributed by atoms with van der Waals surface area (Å²) < 4.78 is 0. The van der Waals surface area contributed by atoms with Crippen LogP contribution in [0.4, 0.5) is 0 Å². The van der Waals surface area contributed by atoms with Crippen LogP contribution in [0.2, 0.25) is 0 Å². The molecule has 2 saturated carbocycles. The van der Waals surface area contributed by atoms with Gasteiger partial charge in [-0.3, -0.25) is 9.69 Å². The molecule has 1 amide bonds. The molecule has 2 saturated heterocycles. The number of aliphatic hydroxyl groups excluding tert-OH is 1. The third-order valence-corrected chi connectivity index (χ3v) is 7.91. The minimum absolute atomic E-state index is 0.182. The number of hydrogen-bond donors (Lipinski definition) is 1. The lowest BCUT2D eigenvalue weighted by Crippen LogP contribution is -2.41. The van der Waals surface area contributed by atoms with Gasteiger partial charge >= 0.3 is 0 Å². The molecule has 0 aromatic heterocycles. The van der Waals surface area contributed by atoms with E-state index in [0.29, 0.717) is 36.2 Å². The molecule has 2 heterocycles. The Morgan fingerprint density at radius 1 is 0.963 bits per heavy atom. The van der Waals surface area contributed by atoms with E-state index in [1.54, 1.807) is 0 Å². The zero-order valence-electron chi connectivity index (χ0n) is 16.2. The molecule has 1 unspecified atom stereocenters. The summed E-state index contributed by atoms with van der Waals surface area (Å²) in [6.07, 6.45) is 5.30. The Balaban J connectivity index is 1.27. The summed E-state index contributed by atoms with van der Waals surface area (Å²) in [5.74, 6) is 3.49. The highest BCUT2D eigenvalue weighted by Gasteiger charge is 2.57. The van der Waals surface area contributed by atoms with E-state index in [9.17, 15) is 9.90 Å². The van der Waals surface area contributed by atoms with E-state index in [1.807, 2.05) is 0 Å². The monoisotopic (exact) mass is 368 g/mol. The molecule has 4 fully saturated rings. The van der Waals surface area contributed by atoms with E-state index in [1.165, 1.54) is 31.2 Å². The summed E-state index contributed by atoms with van der Waals surface area (Å²) >= 11 is 0. The van der Waals surface area contributed by atoms with Crippen molar-refractivity contribution in [2.75, 3.05) is 32.8 Å². The van der Waals surface area contributed by atoms with Crippen molar-refractivity contribution >= 4 is 5.91 Å². The third kappa shape index (κ3) is 3.31. The lowest BCUT2D eigenvalue weighted by atomic mass is 9.82. The van der Waals surface area contributed by atoms with Gasteiger partial charge in [0.1, 0.15) is 0 Å². The molecule has 2 aliphatic carbocycles. The fourth-order valence-corrected chi connectivity index (χ4v) is 6.34. The van der Waals surface area contributed by atoms with Crippen molar-refractivity contribution in [1.82, 2.24) is 9.80 Å². The average Bonchev–Trinajstić information content (AvgIpc) is 3.19. The highest BCUT2D eigenvalue weighted by molar-refractivity contribution is 5.80. The maximum absolute atomic E-state index is 13.4. The Morgan fingerprint density at radius 3 is 2.33 bits per heavy atom. The highest BCUT2D eigenvalue weighted by atomic mass is 16.3. The Bertz CT molecular complexity index is 660. The van der Waals surface area contributed by atoms with Crippen LogP contribution in [0.25, 0.3) is 0 Å². The van der Waals surface area contributed by atoms with Gasteiger partial charge in [0, 0.05) is 39.3 Å². The van der Waals surface area contributed by atoms with Gasteiger partial charge in [0.05, 0.1) is 5.92 Å². The Morgan fingerprint density at radius 2 is 1.67 bits per heavy atom. The van der Waals surface area contributed by atoms with E-state index in [-0.39, 0.29) is 5.92 Å². The van der Waals surface area contributed by atoms with Crippen molar-refractivity contribution < 1.29 is 9.90 Å². The topological polar surface area (TPSA) is 43.8 Å². The highest BCUT2D eigenvalue weighted by Crippen LogP contribution is 2.52. The number of piperidine rings is 1. The summed E-state index contributed by atoms with van der Waals surface area (Å²) in [5.41, 5.74) is 1.35. The van der Waals surface area contributed by atoms with E-state index < -0.39 is 0 Å². The molecule has 2 aliphatic heterocycles.